The SMILES string of the molecule is CCn1cc([C@@H]2CS(=O)(=O)CCN2C(=O)c2ccc(C#N)cc2C)cn1. The zero-order valence-corrected chi connectivity index (χ0v) is 15.5. The smallest absolute Gasteiger partial charge is 0.254 e. The zero-order valence-electron chi connectivity index (χ0n) is 14.7. The molecule has 1 saturated heterocycles. The van der Waals surface area contributed by atoms with Crippen LogP contribution in [-0.4, -0.2) is 47.1 Å². The van der Waals surface area contributed by atoms with Crippen LogP contribution >= 0.6 is 0 Å². The van der Waals surface area contributed by atoms with Gasteiger partial charge < -0.3 is 4.90 Å². The average Bonchev–Trinajstić information content (AvgIpc) is 3.09. The first-order valence-electron chi connectivity index (χ1n) is 8.39. The molecule has 2 aromatic rings. The van der Waals surface area contributed by atoms with Crippen LogP contribution in [0.25, 0.3) is 0 Å². The number of aryl methyl sites for hydroxylation is 2. The van der Waals surface area contributed by atoms with Crippen molar-refractivity contribution in [3.8, 4) is 6.07 Å². The van der Waals surface area contributed by atoms with Gasteiger partial charge in [-0.25, -0.2) is 8.42 Å². The molecule has 0 N–H and O–H groups in total. The number of benzene rings is 1. The van der Waals surface area contributed by atoms with Crippen LogP contribution in [0.4, 0.5) is 0 Å². The average molecular weight is 372 g/mol. The highest BCUT2D eigenvalue weighted by Gasteiger charge is 2.36. The lowest BCUT2D eigenvalue weighted by Gasteiger charge is -2.35. The Kier molecular flexibility index (Phi) is 4.83. The van der Waals surface area contributed by atoms with Gasteiger partial charge in [0.05, 0.1) is 35.4 Å². The minimum Gasteiger partial charge on any atom is -0.329 e. The van der Waals surface area contributed by atoms with Crippen molar-refractivity contribution >= 4 is 15.7 Å². The Bertz CT molecular complexity index is 988. The maximum Gasteiger partial charge on any atom is 0.254 e. The summed E-state index contributed by atoms with van der Waals surface area (Å²) in [6.45, 7) is 4.53. The standard InChI is InChI=1S/C18H20N4O3S/c1-3-21-11-15(10-20-21)17-12-26(24,25)7-6-22(17)18(23)16-5-4-14(9-19)8-13(16)2/h4-5,8,10-11,17H,3,6-7,12H2,1-2H3/t17-/m0/s1. The van der Waals surface area contributed by atoms with Crippen LogP contribution in [0, 0.1) is 18.3 Å². The van der Waals surface area contributed by atoms with E-state index in [0.717, 1.165) is 5.56 Å². The molecule has 136 valence electrons. The summed E-state index contributed by atoms with van der Waals surface area (Å²) < 4.78 is 26.0. The van der Waals surface area contributed by atoms with Crippen LogP contribution < -0.4 is 0 Å². The number of sulfone groups is 1. The van der Waals surface area contributed by atoms with Gasteiger partial charge in [-0.3, -0.25) is 9.48 Å². The highest BCUT2D eigenvalue weighted by Crippen LogP contribution is 2.29. The van der Waals surface area contributed by atoms with Crippen molar-refractivity contribution in [2.24, 2.45) is 0 Å². The Balaban J connectivity index is 1.98. The fourth-order valence-corrected chi connectivity index (χ4v) is 4.67. The van der Waals surface area contributed by atoms with E-state index in [1.807, 2.05) is 6.92 Å². The number of aromatic nitrogens is 2. The van der Waals surface area contributed by atoms with E-state index in [-0.39, 0.29) is 24.0 Å². The van der Waals surface area contributed by atoms with Gasteiger partial charge in [-0.15, -0.1) is 0 Å². The van der Waals surface area contributed by atoms with Crippen LogP contribution in [0.3, 0.4) is 0 Å². The zero-order chi connectivity index (χ0) is 18.9. The molecule has 1 amide bonds. The molecule has 7 nitrogen and oxygen atoms in total. The van der Waals surface area contributed by atoms with E-state index in [4.69, 9.17) is 5.26 Å². The largest absolute Gasteiger partial charge is 0.329 e. The lowest BCUT2D eigenvalue weighted by Crippen LogP contribution is -2.46. The van der Waals surface area contributed by atoms with E-state index < -0.39 is 15.9 Å². The number of amides is 1. The Hall–Kier alpha value is -2.66. The van der Waals surface area contributed by atoms with E-state index >= 15 is 0 Å². The van der Waals surface area contributed by atoms with Crippen LogP contribution in [0.5, 0.6) is 0 Å². The van der Waals surface area contributed by atoms with Gasteiger partial charge >= 0.3 is 0 Å². The fourth-order valence-electron chi connectivity index (χ4n) is 3.18. The minimum atomic E-state index is -3.22. The maximum atomic E-state index is 13.1. The third kappa shape index (κ3) is 3.48. The number of rotatable bonds is 3. The second-order valence-electron chi connectivity index (χ2n) is 6.40. The number of carbonyl (C=O) groups is 1. The molecule has 1 aromatic heterocycles. The molecule has 2 heterocycles. The summed E-state index contributed by atoms with van der Waals surface area (Å²) in [5, 5.41) is 13.2. The van der Waals surface area contributed by atoms with Gasteiger partial charge in [-0.1, -0.05) is 0 Å². The van der Waals surface area contributed by atoms with E-state index in [1.165, 1.54) is 0 Å². The molecule has 1 atom stereocenters. The molecule has 0 saturated carbocycles. The normalized spacial score (nSPS) is 19.1. The monoisotopic (exact) mass is 372 g/mol. The molecule has 1 fully saturated rings. The summed E-state index contributed by atoms with van der Waals surface area (Å²) in [4.78, 5) is 14.7. The quantitative estimate of drug-likeness (QED) is 0.817. The predicted octanol–water partition coefficient (Wildman–Crippen LogP) is 1.69. The number of hydrogen-bond acceptors (Lipinski definition) is 5. The molecule has 3 rings (SSSR count). The molecule has 1 aromatic carbocycles. The number of nitriles is 1. The first kappa shape index (κ1) is 18.1. The molecule has 0 spiro atoms. The first-order valence-corrected chi connectivity index (χ1v) is 10.2. The molecule has 0 bridgehead atoms. The summed E-state index contributed by atoms with van der Waals surface area (Å²) in [5.41, 5.74) is 2.39. The van der Waals surface area contributed by atoms with Gasteiger partial charge in [0.15, 0.2) is 9.84 Å². The molecular weight excluding hydrogens is 352 g/mol. The van der Waals surface area contributed by atoms with Crippen LogP contribution in [-0.2, 0) is 16.4 Å². The van der Waals surface area contributed by atoms with Gasteiger partial charge in [0.2, 0.25) is 0 Å². The number of hydrogen-bond donors (Lipinski definition) is 0. The lowest BCUT2D eigenvalue weighted by molar-refractivity contribution is 0.0697. The van der Waals surface area contributed by atoms with Crippen molar-refractivity contribution in [3.05, 3.63) is 52.8 Å². The van der Waals surface area contributed by atoms with E-state index in [9.17, 15) is 13.2 Å². The van der Waals surface area contributed by atoms with Crippen LogP contribution in [0.1, 0.15) is 40.0 Å². The predicted molar refractivity (Wildman–Crippen MR) is 96.2 cm³/mol. The van der Waals surface area contributed by atoms with Crippen molar-refractivity contribution in [2.75, 3.05) is 18.1 Å². The van der Waals surface area contributed by atoms with Crippen LogP contribution in [0.15, 0.2) is 30.6 Å². The van der Waals surface area contributed by atoms with Crippen molar-refractivity contribution in [1.29, 1.82) is 5.26 Å². The molecule has 1 aliphatic heterocycles. The van der Waals surface area contributed by atoms with Crippen molar-refractivity contribution < 1.29 is 13.2 Å². The Morgan fingerprint density at radius 1 is 1.42 bits per heavy atom. The summed E-state index contributed by atoms with van der Waals surface area (Å²) in [6, 6.07) is 6.39. The van der Waals surface area contributed by atoms with Gasteiger partial charge in [-0.2, -0.15) is 10.4 Å². The molecule has 1 aliphatic rings. The van der Waals surface area contributed by atoms with Gasteiger partial charge in [0, 0.05) is 30.4 Å². The molecule has 26 heavy (non-hydrogen) atoms. The highest BCUT2D eigenvalue weighted by atomic mass is 32.2. The Morgan fingerprint density at radius 3 is 2.81 bits per heavy atom. The van der Waals surface area contributed by atoms with Crippen molar-refractivity contribution in [3.63, 3.8) is 0 Å². The fraction of sp³-hybridized carbons (Fsp3) is 0.389. The van der Waals surface area contributed by atoms with E-state index in [2.05, 4.69) is 11.2 Å². The number of nitrogens with zero attached hydrogens (tertiary/aromatic N) is 4. The van der Waals surface area contributed by atoms with E-state index in [1.54, 1.807) is 47.1 Å². The van der Waals surface area contributed by atoms with Gasteiger partial charge in [-0.05, 0) is 37.6 Å². The van der Waals surface area contributed by atoms with E-state index in [0.29, 0.717) is 23.2 Å². The maximum absolute atomic E-state index is 13.1. The Labute approximate surface area is 152 Å². The highest BCUT2D eigenvalue weighted by molar-refractivity contribution is 7.91. The van der Waals surface area contributed by atoms with Crippen molar-refractivity contribution in [2.45, 2.75) is 26.4 Å². The molecule has 8 heteroatoms. The minimum absolute atomic E-state index is 0.0491. The third-order valence-corrected chi connectivity index (χ3v) is 6.27. The van der Waals surface area contributed by atoms with Crippen molar-refractivity contribution in [1.82, 2.24) is 14.7 Å². The van der Waals surface area contributed by atoms with Gasteiger partial charge in [0.1, 0.15) is 0 Å². The Morgan fingerprint density at radius 2 is 2.19 bits per heavy atom. The summed E-state index contributed by atoms with van der Waals surface area (Å²) in [7, 11) is -3.22. The topological polar surface area (TPSA) is 96.1 Å². The molecule has 0 aliphatic carbocycles. The second kappa shape index (κ2) is 6.92. The summed E-state index contributed by atoms with van der Waals surface area (Å²) >= 11 is 0. The molecule has 0 unspecified atom stereocenters. The molecular formula is C18H20N4O3S. The molecule has 0 radical (unpaired) electrons. The summed E-state index contributed by atoms with van der Waals surface area (Å²) in [5.74, 6) is -0.383. The number of carbonyl (C=O) groups excluding carboxylic acids is 1. The second-order valence-corrected chi connectivity index (χ2v) is 8.63. The van der Waals surface area contributed by atoms with Crippen LogP contribution in [0.2, 0.25) is 0 Å². The summed E-state index contributed by atoms with van der Waals surface area (Å²) in [6.07, 6.45) is 3.42. The third-order valence-electron chi connectivity index (χ3n) is 4.64. The van der Waals surface area contributed by atoms with Gasteiger partial charge in [0.25, 0.3) is 5.91 Å². The first-order chi connectivity index (χ1) is 12.3. The lowest BCUT2D eigenvalue weighted by atomic mass is 10.0.